The molecule has 0 aliphatic rings. The monoisotopic (exact) mass is 191 g/mol. The van der Waals surface area contributed by atoms with E-state index in [4.69, 9.17) is 4.74 Å². The highest BCUT2D eigenvalue weighted by atomic mass is 16.5. The zero-order valence-corrected chi connectivity index (χ0v) is 7.69. The average molecular weight is 191 g/mol. The van der Waals surface area contributed by atoms with Crippen molar-refractivity contribution in [2.75, 3.05) is 6.61 Å². The quantitative estimate of drug-likeness (QED) is 0.533. The molecule has 0 saturated carbocycles. The Morgan fingerprint density at radius 3 is 2.64 bits per heavy atom. The number of carbonyl (C=O) groups is 1. The van der Waals surface area contributed by atoms with E-state index in [-0.39, 0.29) is 6.61 Å². The molecule has 0 aliphatic carbocycles. The summed E-state index contributed by atoms with van der Waals surface area (Å²) in [6.07, 6.45) is 1.16. The maximum absolute atomic E-state index is 10.7. The van der Waals surface area contributed by atoms with Crippen LogP contribution in [-0.2, 0) is 9.59 Å². The maximum atomic E-state index is 10.7. The molecule has 0 radical (unpaired) electrons. The molecule has 0 fully saturated rings. The van der Waals surface area contributed by atoms with Crippen LogP contribution < -0.4 is 4.74 Å². The fourth-order valence-electron chi connectivity index (χ4n) is 0.863. The van der Waals surface area contributed by atoms with Gasteiger partial charge >= 0.3 is 0 Å². The van der Waals surface area contributed by atoms with Gasteiger partial charge in [-0.25, -0.2) is 4.79 Å². The normalized spacial score (nSPS) is 8.93. The van der Waals surface area contributed by atoms with E-state index in [1.54, 1.807) is 12.1 Å². The molecule has 1 rings (SSSR count). The van der Waals surface area contributed by atoms with E-state index in [9.17, 15) is 9.59 Å². The number of aryl methyl sites for hydroxylation is 1. The summed E-state index contributed by atoms with van der Waals surface area (Å²) in [4.78, 5) is 23.3. The summed E-state index contributed by atoms with van der Waals surface area (Å²) < 4.78 is 5.05. The van der Waals surface area contributed by atoms with Gasteiger partial charge in [-0.1, -0.05) is 17.7 Å². The molecule has 0 N–H and O–H groups in total. The highest BCUT2D eigenvalue weighted by molar-refractivity contribution is 5.82. The van der Waals surface area contributed by atoms with Gasteiger partial charge in [-0.05, 0) is 19.1 Å². The molecule has 0 unspecified atom stereocenters. The molecule has 0 spiro atoms. The van der Waals surface area contributed by atoms with Gasteiger partial charge in [0.05, 0.1) is 0 Å². The van der Waals surface area contributed by atoms with Crippen molar-refractivity contribution in [3.05, 3.63) is 29.8 Å². The van der Waals surface area contributed by atoms with Crippen LogP contribution in [0, 0.1) is 6.92 Å². The Kier molecular flexibility index (Phi) is 3.58. The molecule has 4 heteroatoms. The first-order valence-corrected chi connectivity index (χ1v) is 4.02. The molecule has 1 amide bonds. The van der Waals surface area contributed by atoms with Gasteiger partial charge in [0.25, 0.3) is 5.91 Å². The molecule has 14 heavy (non-hydrogen) atoms. The first-order valence-electron chi connectivity index (χ1n) is 4.02. The minimum absolute atomic E-state index is 0.238. The van der Waals surface area contributed by atoms with E-state index in [2.05, 4.69) is 4.99 Å². The Labute approximate surface area is 81.2 Å². The zero-order valence-electron chi connectivity index (χ0n) is 7.69. The van der Waals surface area contributed by atoms with Crippen LogP contribution in [0.2, 0.25) is 0 Å². The first-order chi connectivity index (χ1) is 6.72. The zero-order chi connectivity index (χ0) is 10.4. The summed E-state index contributed by atoms with van der Waals surface area (Å²) in [5.41, 5.74) is 1.11. The van der Waals surface area contributed by atoms with Crippen molar-refractivity contribution in [2.45, 2.75) is 6.92 Å². The lowest BCUT2D eigenvalue weighted by atomic mass is 10.2. The molecule has 72 valence electrons. The van der Waals surface area contributed by atoms with Gasteiger partial charge in [-0.3, -0.25) is 4.79 Å². The number of aliphatic imine (C=N–C) groups is 1. The fraction of sp³-hybridized carbons (Fsp3) is 0.200. The van der Waals surface area contributed by atoms with Gasteiger partial charge in [0.15, 0.2) is 6.61 Å². The standard InChI is InChI=1S/C10H9NO3/c1-8-2-4-9(5-3-8)14-6-10(13)11-7-12/h2-5H,6H2,1H3. The van der Waals surface area contributed by atoms with Crippen LogP contribution in [0.3, 0.4) is 0 Å². The maximum Gasteiger partial charge on any atom is 0.294 e. The number of nitrogens with zero attached hydrogens (tertiary/aromatic N) is 1. The van der Waals surface area contributed by atoms with Crippen molar-refractivity contribution in [3.8, 4) is 5.75 Å². The SMILES string of the molecule is Cc1ccc(OCC(=O)N=C=O)cc1. The van der Waals surface area contributed by atoms with E-state index in [1.165, 1.54) is 0 Å². The van der Waals surface area contributed by atoms with Crippen LogP contribution in [-0.4, -0.2) is 18.6 Å². The number of hydrogen-bond donors (Lipinski definition) is 0. The summed E-state index contributed by atoms with van der Waals surface area (Å²) in [5.74, 6) is -0.0642. The predicted molar refractivity (Wildman–Crippen MR) is 49.8 cm³/mol. The van der Waals surface area contributed by atoms with Gasteiger partial charge in [0.2, 0.25) is 6.08 Å². The van der Waals surface area contributed by atoms with Crippen molar-refractivity contribution in [3.63, 3.8) is 0 Å². The van der Waals surface area contributed by atoms with E-state index >= 15 is 0 Å². The minimum atomic E-state index is -0.638. The van der Waals surface area contributed by atoms with Gasteiger partial charge in [0.1, 0.15) is 5.75 Å². The van der Waals surface area contributed by atoms with Crippen LogP contribution in [0.15, 0.2) is 29.3 Å². The Morgan fingerprint density at radius 2 is 2.07 bits per heavy atom. The number of isocyanates is 1. The van der Waals surface area contributed by atoms with Gasteiger partial charge in [-0.2, -0.15) is 0 Å². The second-order valence-corrected chi connectivity index (χ2v) is 2.70. The molecule has 0 aliphatic heterocycles. The lowest BCUT2D eigenvalue weighted by Crippen LogP contribution is -2.07. The Morgan fingerprint density at radius 1 is 1.43 bits per heavy atom. The number of rotatable bonds is 3. The van der Waals surface area contributed by atoms with E-state index in [0.29, 0.717) is 5.75 Å². The molecule has 0 bridgehead atoms. The third kappa shape index (κ3) is 3.21. The minimum Gasteiger partial charge on any atom is -0.484 e. The number of ether oxygens (including phenoxy) is 1. The second kappa shape index (κ2) is 4.94. The van der Waals surface area contributed by atoms with Crippen molar-refractivity contribution >= 4 is 12.0 Å². The van der Waals surface area contributed by atoms with E-state index in [1.807, 2.05) is 19.1 Å². The number of hydrogen-bond acceptors (Lipinski definition) is 3. The van der Waals surface area contributed by atoms with Crippen molar-refractivity contribution in [1.29, 1.82) is 0 Å². The van der Waals surface area contributed by atoms with Crippen LogP contribution in [0.25, 0.3) is 0 Å². The number of carbonyl (C=O) groups excluding carboxylic acids is 2. The summed E-state index contributed by atoms with van der Waals surface area (Å²) in [6.45, 7) is 1.71. The van der Waals surface area contributed by atoms with Crippen molar-refractivity contribution < 1.29 is 14.3 Å². The van der Waals surface area contributed by atoms with Crippen molar-refractivity contribution in [2.24, 2.45) is 4.99 Å². The molecule has 0 aromatic heterocycles. The molecule has 1 aromatic rings. The van der Waals surface area contributed by atoms with Crippen LogP contribution >= 0.6 is 0 Å². The predicted octanol–water partition coefficient (Wildman–Crippen LogP) is 1.24. The molecule has 0 heterocycles. The molecular weight excluding hydrogens is 182 g/mol. The summed E-state index contributed by atoms with van der Waals surface area (Å²) in [5, 5.41) is 0. The largest absolute Gasteiger partial charge is 0.484 e. The first kappa shape index (κ1) is 10.2. The Balaban J connectivity index is 2.49. The third-order valence-corrected chi connectivity index (χ3v) is 1.55. The average Bonchev–Trinajstić information content (AvgIpc) is 2.17. The second-order valence-electron chi connectivity index (χ2n) is 2.70. The smallest absolute Gasteiger partial charge is 0.294 e. The topological polar surface area (TPSA) is 55.7 Å². The summed E-state index contributed by atoms with van der Waals surface area (Å²) in [6, 6.07) is 7.21. The van der Waals surface area contributed by atoms with Crippen LogP contribution in [0.4, 0.5) is 0 Å². The molecule has 1 aromatic carbocycles. The lowest BCUT2D eigenvalue weighted by Gasteiger charge is -2.02. The van der Waals surface area contributed by atoms with Crippen LogP contribution in [0.1, 0.15) is 5.56 Å². The number of amides is 1. The van der Waals surface area contributed by atoms with E-state index in [0.717, 1.165) is 11.6 Å². The third-order valence-electron chi connectivity index (χ3n) is 1.55. The number of benzene rings is 1. The van der Waals surface area contributed by atoms with Crippen LogP contribution in [0.5, 0.6) is 5.75 Å². The Hall–Kier alpha value is -1.93. The highest BCUT2D eigenvalue weighted by Gasteiger charge is 1.99. The van der Waals surface area contributed by atoms with Gasteiger partial charge in [0, 0.05) is 0 Å². The van der Waals surface area contributed by atoms with Gasteiger partial charge < -0.3 is 4.74 Å². The van der Waals surface area contributed by atoms with E-state index < -0.39 is 5.91 Å². The Bertz CT molecular complexity index is 363. The summed E-state index contributed by atoms with van der Waals surface area (Å²) in [7, 11) is 0. The molecule has 4 nitrogen and oxygen atoms in total. The van der Waals surface area contributed by atoms with Crippen molar-refractivity contribution in [1.82, 2.24) is 0 Å². The highest BCUT2D eigenvalue weighted by Crippen LogP contribution is 2.10. The van der Waals surface area contributed by atoms with Gasteiger partial charge in [-0.15, -0.1) is 4.99 Å². The summed E-state index contributed by atoms with van der Waals surface area (Å²) >= 11 is 0. The lowest BCUT2D eigenvalue weighted by molar-refractivity contribution is -0.119. The molecular formula is C10H9NO3. The molecule has 0 atom stereocenters. The molecule has 0 saturated heterocycles. The fourth-order valence-corrected chi connectivity index (χ4v) is 0.863.